The van der Waals surface area contributed by atoms with Gasteiger partial charge in [-0.3, -0.25) is 19.3 Å². The van der Waals surface area contributed by atoms with E-state index in [4.69, 9.17) is 9.47 Å². The van der Waals surface area contributed by atoms with Crippen LogP contribution in [0.15, 0.2) is 71.9 Å². The van der Waals surface area contributed by atoms with Gasteiger partial charge in [0.05, 0.1) is 11.4 Å². The molecule has 38 heavy (non-hydrogen) atoms. The number of thioether (sulfide) groups is 1. The summed E-state index contributed by atoms with van der Waals surface area (Å²) in [7, 11) is -2.76. The summed E-state index contributed by atoms with van der Waals surface area (Å²) >= 11 is 0.872. The number of ether oxygens (including phenoxy) is 2. The van der Waals surface area contributed by atoms with Gasteiger partial charge in [-0.1, -0.05) is 81.4 Å². The van der Waals surface area contributed by atoms with Gasteiger partial charge in [0.15, 0.2) is 33.2 Å². The van der Waals surface area contributed by atoms with E-state index in [1.54, 1.807) is 20.8 Å². The Labute approximate surface area is 227 Å². The molecular formula is C28H31NO7S2. The lowest BCUT2D eigenvalue weighted by atomic mass is 9.86. The molecule has 202 valence electrons. The normalized spacial score (nSPS) is 22.6. The third kappa shape index (κ3) is 5.04. The minimum absolute atomic E-state index is 0.0629. The van der Waals surface area contributed by atoms with Crippen molar-refractivity contribution >= 4 is 39.3 Å². The van der Waals surface area contributed by atoms with Crippen LogP contribution in [0.2, 0.25) is 0 Å². The summed E-state index contributed by atoms with van der Waals surface area (Å²) < 4.78 is 37.0. The van der Waals surface area contributed by atoms with Crippen LogP contribution in [0.3, 0.4) is 0 Å². The lowest BCUT2D eigenvalue weighted by molar-refractivity contribution is -0.161. The minimum atomic E-state index is -4.02. The number of sulfone groups is 1. The summed E-state index contributed by atoms with van der Waals surface area (Å²) in [6, 6.07) is 18.5. The summed E-state index contributed by atoms with van der Waals surface area (Å²) in [5.74, 6) is -1.79. The Morgan fingerprint density at radius 3 is 2.00 bits per heavy atom. The molecule has 2 aromatic carbocycles. The van der Waals surface area contributed by atoms with Gasteiger partial charge in [-0.25, -0.2) is 8.42 Å². The van der Waals surface area contributed by atoms with Crippen molar-refractivity contribution in [2.45, 2.75) is 49.9 Å². The van der Waals surface area contributed by atoms with E-state index < -0.39 is 49.3 Å². The highest BCUT2D eigenvalue weighted by molar-refractivity contribution is 8.14. The molecule has 2 aromatic rings. The number of carbonyl (C=O) groups is 3. The summed E-state index contributed by atoms with van der Waals surface area (Å²) in [5, 5.41) is -1.32. The van der Waals surface area contributed by atoms with Gasteiger partial charge in [-0.15, -0.1) is 11.8 Å². The summed E-state index contributed by atoms with van der Waals surface area (Å²) in [6.45, 7) is 6.65. The number of hydrogen-bond donors (Lipinski definition) is 0. The van der Waals surface area contributed by atoms with Crippen LogP contribution in [0.4, 0.5) is 0 Å². The van der Waals surface area contributed by atoms with Crippen molar-refractivity contribution in [3.05, 3.63) is 83.1 Å². The van der Waals surface area contributed by atoms with Crippen molar-refractivity contribution < 1.29 is 32.3 Å². The van der Waals surface area contributed by atoms with Crippen LogP contribution in [0.5, 0.6) is 0 Å². The van der Waals surface area contributed by atoms with Gasteiger partial charge in [0.1, 0.15) is 4.58 Å². The number of methoxy groups -OCH3 is 1. The molecule has 0 bridgehead atoms. The molecule has 1 fully saturated rings. The molecule has 0 radical (unpaired) electrons. The van der Waals surface area contributed by atoms with Crippen LogP contribution in [-0.2, 0) is 33.7 Å². The molecule has 4 rings (SSSR count). The SMILES string of the molecule is CO[C@H]1C(=O)N2C(C(=O)C(C)(C)C)=C(C)C(SCC(=O)OC(c3ccccc3)c3ccccc3)S(=O)(=O)[C@@H]12. The second kappa shape index (κ2) is 10.7. The largest absolute Gasteiger partial charge is 0.452 e. The molecule has 3 atom stereocenters. The van der Waals surface area contributed by atoms with E-state index in [-0.39, 0.29) is 22.8 Å². The Morgan fingerprint density at radius 1 is 1.00 bits per heavy atom. The Hall–Kier alpha value is -2.95. The molecule has 0 spiro atoms. The number of nitrogens with zero attached hydrogens (tertiary/aromatic N) is 1. The van der Waals surface area contributed by atoms with E-state index in [9.17, 15) is 22.8 Å². The summed E-state index contributed by atoms with van der Waals surface area (Å²) in [6.07, 6.45) is -1.87. The first-order valence-electron chi connectivity index (χ1n) is 12.1. The van der Waals surface area contributed by atoms with Crippen molar-refractivity contribution in [3.8, 4) is 0 Å². The van der Waals surface area contributed by atoms with E-state index in [0.717, 1.165) is 27.8 Å². The minimum Gasteiger partial charge on any atom is -0.452 e. The van der Waals surface area contributed by atoms with Gasteiger partial charge >= 0.3 is 5.97 Å². The molecular weight excluding hydrogens is 526 g/mol. The number of Topliss-reactive ketones (excluding diaryl/α,β-unsaturated/α-hetero) is 1. The molecule has 2 aliphatic rings. The molecule has 10 heteroatoms. The van der Waals surface area contributed by atoms with E-state index >= 15 is 0 Å². The third-order valence-electron chi connectivity index (χ3n) is 6.55. The number of rotatable bonds is 8. The van der Waals surface area contributed by atoms with E-state index in [1.807, 2.05) is 60.7 Å². The fourth-order valence-corrected chi connectivity index (χ4v) is 8.60. The van der Waals surface area contributed by atoms with E-state index in [0.29, 0.717) is 0 Å². The van der Waals surface area contributed by atoms with Crippen molar-refractivity contribution in [3.63, 3.8) is 0 Å². The topological polar surface area (TPSA) is 107 Å². The zero-order valence-corrected chi connectivity index (χ0v) is 23.5. The maximum Gasteiger partial charge on any atom is 0.316 e. The first-order chi connectivity index (χ1) is 17.9. The number of allylic oxidation sites excluding steroid dienone is 1. The second-order valence-electron chi connectivity index (χ2n) is 10.3. The van der Waals surface area contributed by atoms with Gasteiger partial charge in [-0.05, 0) is 23.6 Å². The van der Waals surface area contributed by atoms with Gasteiger partial charge in [0, 0.05) is 12.5 Å². The number of esters is 1. The fourth-order valence-electron chi connectivity index (χ4n) is 4.64. The Morgan fingerprint density at radius 2 is 1.53 bits per heavy atom. The van der Waals surface area contributed by atoms with Crippen LogP contribution >= 0.6 is 11.8 Å². The number of carbonyl (C=O) groups excluding carboxylic acids is 3. The molecule has 1 unspecified atom stereocenters. The third-order valence-corrected chi connectivity index (χ3v) is 10.9. The molecule has 0 saturated carbocycles. The Bertz CT molecular complexity index is 1330. The smallest absolute Gasteiger partial charge is 0.316 e. The summed E-state index contributed by atoms with van der Waals surface area (Å²) in [4.78, 5) is 40.2. The lowest BCUT2D eigenvalue weighted by Crippen LogP contribution is -2.71. The zero-order chi connectivity index (χ0) is 27.8. The Balaban J connectivity index is 1.62. The number of hydrogen-bond acceptors (Lipinski definition) is 8. The van der Waals surface area contributed by atoms with Crippen molar-refractivity contribution in [2.24, 2.45) is 5.41 Å². The number of benzene rings is 2. The van der Waals surface area contributed by atoms with Gasteiger partial charge < -0.3 is 9.47 Å². The highest BCUT2D eigenvalue weighted by Crippen LogP contribution is 2.46. The average Bonchev–Trinajstić information content (AvgIpc) is 2.88. The molecule has 2 heterocycles. The van der Waals surface area contributed by atoms with Gasteiger partial charge in [0.25, 0.3) is 5.91 Å². The van der Waals surface area contributed by atoms with Crippen LogP contribution in [-0.4, -0.2) is 59.9 Å². The molecule has 1 saturated heterocycles. The summed E-state index contributed by atoms with van der Waals surface area (Å²) in [5.41, 5.74) is 0.997. The maximum atomic E-state index is 13.6. The van der Waals surface area contributed by atoms with Gasteiger partial charge in [-0.2, -0.15) is 0 Å². The van der Waals surface area contributed by atoms with E-state index in [2.05, 4.69) is 0 Å². The van der Waals surface area contributed by atoms with Crippen LogP contribution < -0.4 is 0 Å². The Kier molecular flexibility index (Phi) is 7.88. The molecule has 2 aliphatic heterocycles. The number of β-lactam (4-membered cyclic amide) rings is 1. The van der Waals surface area contributed by atoms with Crippen molar-refractivity contribution in [1.82, 2.24) is 4.90 Å². The highest BCUT2D eigenvalue weighted by atomic mass is 32.3. The van der Waals surface area contributed by atoms with Gasteiger partial charge in [0.2, 0.25) is 0 Å². The quantitative estimate of drug-likeness (QED) is 0.356. The molecule has 0 N–H and O–H groups in total. The molecule has 0 aliphatic carbocycles. The number of amides is 1. The van der Waals surface area contributed by atoms with Crippen molar-refractivity contribution in [2.75, 3.05) is 12.9 Å². The van der Waals surface area contributed by atoms with E-state index in [1.165, 1.54) is 14.0 Å². The standard InChI is InChI=1S/C28H31NO7S2/c1-17-21(24(31)28(2,3)4)29-25(32)23(35-5)26(29)38(33,34)27(17)37-16-20(30)36-22(18-12-8-6-9-13-18)19-14-10-7-11-15-19/h6-15,22-23,26-27H,16H2,1-5H3/t23-,26-,27?/m0/s1. The predicted molar refractivity (Wildman–Crippen MR) is 145 cm³/mol. The molecule has 8 nitrogen and oxygen atoms in total. The van der Waals surface area contributed by atoms with Crippen LogP contribution in [0.25, 0.3) is 0 Å². The van der Waals surface area contributed by atoms with Crippen LogP contribution in [0, 0.1) is 5.41 Å². The van der Waals surface area contributed by atoms with Crippen molar-refractivity contribution in [1.29, 1.82) is 0 Å². The predicted octanol–water partition coefficient (Wildman–Crippen LogP) is 3.88. The first-order valence-corrected chi connectivity index (χ1v) is 14.8. The number of ketones is 1. The molecule has 1 amide bonds. The monoisotopic (exact) mass is 557 g/mol. The maximum absolute atomic E-state index is 13.6. The first kappa shape index (κ1) is 28.1. The van der Waals surface area contributed by atoms with Crippen LogP contribution in [0.1, 0.15) is 44.9 Å². The fraction of sp³-hybridized carbons (Fsp3) is 0.393. The highest BCUT2D eigenvalue weighted by Gasteiger charge is 2.63. The lowest BCUT2D eigenvalue weighted by Gasteiger charge is -2.51. The average molecular weight is 558 g/mol. The second-order valence-corrected chi connectivity index (χ2v) is 13.8. The molecule has 0 aromatic heterocycles. The number of fused-ring (bicyclic) bond motifs is 1. The zero-order valence-electron chi connectivity index (χ0n) is 21.9.